The Balaban J connectivity index is 1.78. The number of allylic oxidation sites excluding steroid dienone is 1. The SMILES string of the molecule is O=C(CN1CCCCC(O)C1=O)NCC1=CCCCC1. The molecule has 1 unspecified atom stereocenters. The fourth-order valence-electron chi connectivity index (χ4n) is 2.75. The van der Waals surface area contributed by atoms with Crippen LogP contribution in [0.15, 0.2) is 11.6 Å². The molecule has 1 saturated heterocycles. The van der Waals surface area contributed by atoms with E-state index in [-0.39, 0.29) is 18.4 Å². The van der Waals surface area contributed by atoms with E-state index in [1.807, 2.05) is 0 Å². The molecule has 1 heterocycles. The Kier molecular flexibility index (Phi) is 5.59. The number of hydrogen-bond acceptors (Lipinski definition) is 3. The van der Waals surface area contributed by atoms with E-state index in [0.717, 1.165) is 25.7 Å². The first-order chi connectivity index (χ1) is 9.66. The van der Waals surface area contributed by atoms with Gasteiger partial charge in [0.2, 0.25) is 5.91 Å². The van der Waals surface area contributed by atoms with Gasteiger partial charge in [-0.05, 0) is 44.9 Å². The van der Waals surface area contributed by atoms with Crippen LogP contribution in [0.2, 0.25) is 0 Å². The molecule has 2 aliphatic rings. The van der Waals surface area contributed by atoms with Gasteiger partial charge >= 0.3 is 0 Å². The fourth-order valence-corrected chi connectivity index (χ4v) is 2.75. The molecule has 0 aromatic rings. The van der Waals surface area contributed by atoms with Crippen LogP contribution in [0, 0.1) is 0 Å². The zero-order chi connectivity index (χ0) is 14.4. The van der Waals surface area contributed by atoms with Gasteiger partial charge in [0.15, 0.2) is 0 Å². The summed E-state index contributed by atoms with van der Waals surface area (Å²) in [6, 6.07) is 0. The minimum absolute atomic E-state index is 0.0587. The molecule has 1 aliphatic carbocycles. The Morgan fingerprint density at radius 3 is 2.95 bits per heavy atom. The number of nitrogens with one attached hydrogen (secondary N) is 1. The van der Waals surface area contributed by atoms with Crippen LogP contribution in [-0.4, -0.2) is 47.6 Å². The topological polar surface area (TPSA) is 69.6 Å². The molecule has 2 amide bonds. The van der Waals surface area contributed by atoms with E-state index in [9.17, 15) is 14.7 Å². The van der Waals surface area contributed by atoms with Gasteiger partial charge < -0.3 is 15.3 Å². The molecule has 1 aliphatic heterocycles. The Morgan fingerprint density at radius 2 is 2.20 bits per heavy atom. The number of nitrogens with zero attached hydrogens (tertiary/aromatic N) is 1. The summed E-state index contributed by atoms with van der Waals surface area (Å²) in [6.45, 7) is 1.21. The maximum atomic E-state index is 11.9. The number of rotatable bonds is 4. The standard InChI is InChI=1S/C15H24N2O3/c18-13-8-4-5-9-17(15(13)20)11-14(19)16-10-12-6-2-1-3-7-12/h6,13,18H,1-5,7-11H2,(H,16,19). The number of likely N-dealkylation sites (tertiary alicyclic amines) is 1. The summed E-state index contributed by atoms with van der Waals surface area (Å²) in [5, 5.41) is 12.5. The summed E-state index contributed by atoms with van der Waals surface area (Å²) < 4.78 is 0. The van der Waals surface area contributed by atoms with E-state index in [2.05, 4.69) is 11.4 Å². The third-order valence-electron chi connectivity index (χ3n) is 3.98. The summed E-state index contributed by atoms with van der Waals surface area (Å²) in [6.07, 6.45) is 8.03. The molecule has 5 nitrogen and oxygen atoms in total. The van der Waals surface area contributed by atoms with Gasteiger partial charge in [0, 0.05) is 13.1 Å². The van der Waals surface area contributed by atoms with Crippen molar-refractivity contribution < 1.29 is 14.7 Å². The maximum Gasteiger partial charge on any atom is 0.251 e. The van der Waals surface area contributed by atoms with Gasteiger partial charge in [-0.1, -0.05) is 11.6 Å². The molecule has 2 N–H and O–H groups in total. The first-order valence-corrected chi connectivity index (χ1v) is 7.58. The van der Waals surface area contributed by atoms with Crippen molar-refractivity contribution in [2.45, 2.75) is 51.0 Å². The lowest BCUT2D eigenvalue weighted by Crippen LogP contribution is -2.44. The number of aliphatic hydroxyl groups excluding tert-OH is 1. The quantitative estimate of drug-likeness (QED) is 0.754. The Bertz CT molecular complexity index is 393. The van der Waals surface area contributed by atoms with Crippen molar-refractivity contribution in [1.29, 1.82) is 0 Å². The van der Waals surface area contributed by atoms with Crippen LogP contribution in [0.4, 0.5) is 0 Å². The second-order valence-corrected chi connectivity index (χ2v) is 5.66. The van der Waals surface area contributed by atoms with Crippen LogP contribution in [0.3, 0.4) is 0 Å². The van der Waals surface area contributed by atoms with Crippen molar-refractivity contribution in [3.05, 3.63) is 11.6 Å². The van der Waals surface area contributed by atoms with E-state index < -0.39 is 6.10 Å². The zero-order valence-corrected chi connectivity index (χ0v) is 11.9. The third-order valence-corrected chi connectivity index (χ3v) is 3.98. The Labute approximate surface area is 120 Å². The van der Waals surface area contributed by atoms with Crippen LogP contribution < -0.4 is 5.32 Å². The number of aliphatic hydroxyl groups is 1. The minimum Gasteiger partial charge on any atom is -0.383 e. The average Bonchev–Trinajstić information content (AvgIpc) is 2.62. The zero-order valence-electron chi connectivity index (χ0n) is 11.9. The van der Waals surface area contributed by atoms with Crippen molar-refractivity contribution in [3.8, 4) is 0 Å². The van der Waals surface area contributed by atoms with Crippen molar-refractivity contribution >= 4 is 11.8 Å². The highest BCUT2D eigenvalue weighted by atomic mass is 16.3. The van der Waals surface area contributed by atoms with E-state index in [1.54, 1.807) is 0 Å². The molecule has 1 atom stereocenters. The Morgan fingerprint density at radius 1 is 1.35 bits per heavy atom. The molecule has 0 radical (unpaired) electrons. The normalized spacial score (nSPS) is 24.1. The lowest BCUT2D eigenvalue weighted by Gasteiger charge is -2.22. The van der Waals surface area contributed by atoms with Gasteiger partial charge in [-0.2, -0.15) is 0 Å². The van der Waals surface area contributed by atoms with Crippen LogP contribution in [0.5, 0.6) is 0 Å². The van der Waals surface area contributed by atoms with Crippen molar-refractivity contribution in [2.75, 3.05) is 19.6 Å². The number of hydrogen-bond donors (Lipinski definition) is 2. The van der Waals surface area contributed by atoms with Crippen molar-refractivity contribution in [2.24, 2.45) is 0 Å². The number of carbonyl (C=O) groups excluding carboxylic acids is 2. The van der Waals surface area contributed by atoms with Gasteiger partial charge in [-0.15, -0.1) is 0 Å². The molecular formula is C15H24N2O3. The molecule has 1 fully saturated rings. The van der Waals surface area contributed by atoms with E-state index in [1.165, 1.54) is 23.3 Å². The Hall–Kier alpha value is -1.36. The van der Waals surface area contributed by atoms with E-state index >= 15 is 0 Å². The van der Waals surface area contributed by atoms with Crippen molar-refractivity contribution in [1.82, 2.24) is 10.2 Å². The number of amides is 2. The molecule has 0 bridgehead atoms. The van der Waals surface area contributed by atoms with Crippen molar-refractivity contribution in [3.63, 3.8) is 0 Å². The summed E-state index contributed by atoms with van der Waals surface area (Å²) in [5.74, 6) is -0.451. The van der Waals surface area contributed by atoms with Crippen LogP contribution >= 0.6 is 0 Å². The second kappa shape index (κ2) is 7.43. The molecule has 0 aromatic heterocycles. The van der Waals surface area contributed by atoms with Gasteiger partial charge in [0.1, 0.15) is 6.10 Å². The summed E-state index contributed by atoms with van der Waals surface area (Å²) in [5.41, 5.74) is 1.28. The van der Waals surface area contributed by atoms with Gasteiger partial charge in [0.25, 0.3) is 5.91 Å². The van der Waals surface area contributed by atoms with Crippen LogP contribution in [-0.2, 0) is 9.59 Å². The van der Waals surface area contributed by atoms with E-state index in [4.69, 9.17) is 0 Å². The van der Waals surface area contributed by atoms with Crippen LogP contribution in [0.25, 0.3) is 0 Å². The lowest BCUT2D eigenvalue weighted by atomic mass is 10.00. The van der Waals surface area contributed by atoms with Gasteiger partial charge in [0.05, 0.1) is 6.54 Å². The molecular weight excluding hydrogens is 256 g/mol. The molecule has 0 saturated carbocycles. The molecule has 2 rings (SSSR count). The molecule has 5 heteroatoms. The van der Waals surface area contributed by atoms with E-state index in [0.29, 0.717) is 19.5 Å². The molecule has 112 valence electrons. The predicted molar refractivity (Wildman–Crippen MR) is 76.0 cm³/mol. The highest BCUT2D eigenvalue weighted by Crippen LogP contribution is 2.16. The smallest absolute Gasteiger partial charge is 0.251 e. The highest BCUT2D eigenvalue weighted by Gasteiger charge is 2.26. The lowest BCUT2D eigenvalue weighted by molar-refractivity contribution is -0.142. The minimum atomic E-state index is -0.939. The molecule has 0 aromatic carbocycles. The molecule has 0 spiro atoms. The average molecular weight is 280 g/mol. The summed E-state index contributed by atoms with van der Waals surface area (Å²) in [4.78, 5) is 25.3. The third kappa shape index (κ3) is 4.34. The molecule has 20 heavy (non-hydrogen) atoms. The second-order valence-electron chi connectivity index (χ2n) is 5.66. The van der Waals surface area contributed by atoms with Gasteiger partial charge in [-0.3, -0.25) is 9.59 Å². The summed E-state index contributed by atoms with van der Waals surface area (Å²) in [7, 11) is 0. The number of carbonyl (C=O) groups is 2. The first-order valence-electron chi connectivity index (χ1n) is 7.58. The monoisotopic (exact) mass is 280 g/mol. The largest absolute Gasteiger partial charge is 0.383 e. The first kappa shape index (κ1) is 15.0. The fraction of sp³-hybridized carbons (Fsp3) is 0.733. The summed E-state index contributed by atoms with van der Waals surface area (Å²) >= 11 is 0. The van der Waals surface area contributed by atoms with Crippen LogP contribution in [0.1, 0.15) is 44.9 Å². The highest BCUT2D eigenvalue weighted by molar-refractivity contribution is 5.87. The van der Waals surface area contributed by atoms with Gasteiger partial charge in [-0.25, -0.2) is 0 Å². The maximum absolute atomic E-state index is 11.9. The predicted octanol–water partition coefficient (Wildman–Crippen LogP) is 0.976.